The number of carbonyl (C=O) groups excluding carboxylic acids is 1. The molecule has 2 aliphatic heterocycles. The largest absolute Gasteiger partial charge is 0.383 e. The lowest BCUT2D eigenvalue weighted by molar-refractivity contribution is -0.123. The van der Waals surface area contributed by atoms with Crippen molar-refractivity contribution in [1.82, 2.24) is 5.32 Å². The van der Waals surface area contributed by atoms with Crippen molar-refractivity contribution in [2.24, 2.45) is 0 Å². The zero-order valence-corrected chi connectivity index (χ0v) is 8.66. The minimum absolute atomic E-state index is 0.0310. The van der Waals surface area contributed by atoms with Gasteiger partial charge in [-0.3, -0.25) is 4.79 Å². The van der Waals surface area contributed by atoms with E-state index in [4.69, 9.17) is 5.26 Å². The van der Waals surface area contributed by atoms with Crippen molar-refractivity contribution in [3.63, 3.8) is 0 Å². The summed E-state index contributed by atoms with van der Waals surface area (Å²) in [5, 5.41) is 14.9. The third-order valence-electron chi connectivity index (χ3n) is 3.47. The molecule has 0 aromatic heterocycles. The zero-order valence-electron chi connectivity index (χ0n) is 8.66. The van der Waals surface area contributed by atoms with Crippen molar-refractivity contribution >= 4 is 11.6 Å². The maximum Gasteiger partial charge on any atom is 0.233 e. The van der Waals surface area contributed by atoms with Gasteiger partial charge in [0.1, 0.15) is 6.04 Å². The van der Waals surface area contributed by atoms with Gasteiger partial charge >= 0.3 is 0 Å². The van der Waals surface area contributed by atoms with Gasteiger partial charge in [0.25, 0.3) is 0 Å². The van der Waals surface area contributed by atoms with Crippen LogP contribution >= 0.6 is 0 Å². The van der Waals surface area contributed by atoms with Gasteiger partial charge in [-0.2, -0.15) is 5.26 Å². The van der Waals surface area contributed by atoms with Gasteiger partial charge in [0.15, 0.2) is 0 Å². The number of fused-ring (bicyclic) bond motifs is 2. The zero-order chi connectivity index (χ0) is 11.2. The molecule has 2 unspecified atom stereocenters. The smallest absolute Gasteiger partial charge is 0.233 e. The average molecular weight is 213 g/mol. The number of anilines is 1. The SMILES string of the molecule is N#CC1CC2(CNc3ccccc32)C(=O)N1. The Morgan fingerprint density at radius 2 is 2.25 bits per heavy atom. The Hall–Kier alpha value is -2.02. The van der Waals surface area contributed by atoms with E-state index in [0.29, 0.717) is 13.0 Å². The number of hydrogen-bond donors (Lipinski definition) is 2. The lowest BCUT2D eigenvalue weighted by atomic mass is 9.80. The first kappa shape index (κ1) is 9.22. The summed E-state index contributed by atoms with van der Waals surface area (Å²) >= 11 is 0. The standard InChI is InChI=1S/C12H11N3O/c13-6-8-5-12(11(16)15-8)7-14-10-4-2-1-3-9(10)12/h1-4,8,14H,5,7H2,(H,15,16). The molecule has 0 radical (unpaired) electrons. The number of nitriles is 1. The molecular formula is C12H11N3O. The topological polar surface area (TPSA) is 64.9 Å². The second kappa shape index (κ2) is 2.99. The van der Waals surface area contributed by atoms with Gasteiger partial charge < -0.3 is 10.6 Å². The molecule has 1 fully saturated rings. The normalized spacial score (nSPS) is 30.7. The summed E-state index contributed by atoms with van der Waals surface area (Å²) in [6.45, 7) is 0.594. The fraction of sp³-hybridized carbons (Fsp3) is 0.333. The molecule has 0 saturated carbocycles. The number of nitrogens with zero attached hydrogens (tertiary/aromatic N) is 1. The molecule has 2 aliphatic rings. The summed E-state index contributed by atoms with van der Waals surface area (Å²) in [6.07, 6.45) is 0.562. The molecule has 4 heteroatoms. The number of amides is 1. The van der Waals surface area contributed by atoms with Crippen molar-refractivity contribution in [3.05, 3.63) is 29.8 Å². The third-order valence-corrected chi connectivity index (χ3v) is 3.47. The number of nitrogens with one attached hydrogen (secondary N) is 2. The Balaban J connectivity index is 2.10. The summed E-state index contributed by atoms with van der Waals surface area (Å²) in [4.78, 5) is 12.0. The monoisotopic (exact) mass is 213 g/mol. The molecular weight excluding hydrogens is 202 g/mol. The Morgan fingerprint density at radius 1 is 1.44 bits per heavy atom. The first-order valence-corrected chi connectivity index (χ1v) is 5.30. The van der Waals surface area contributed by atoms with Gasteiger partial charge in [-0.25, -0.2) is 0 Å². The van der Waals surface area contributed by atoms with Crippen molar-refractivity contribution < 1.29 is 4.79 Å². The first-order chi connectivity index (χ1) is 7.76. The van der Waals surface area contributed by atoms with Crippen LogP contribution in [0, 0.1) is 11.3 Å². The van der Waals surface area contributed by atoms with Gasteiger partial charge in [0.2, 0.25) is 5.91 Å². The van der Waals surface area contributed by atoms with Crippen LogP contribution < -0.4 is 10.6 Å². The Bertz CT molecular complexity index is 505. The molecule has 1 amide bonds. The average Bonchev–Trinajstić information content (AvgIpc) is 2.84. The lowest BCUT2D eigenvalue weighted by Crippen LogP contribution is -2.37. The van der Waals surface area contributed by atoms with E-state index in [1.807, 2.05) is 24.3 Å². The van der Waals surface area contributed by atoms with Gasteiger partial charge in [-0.05, 0) is 11.6 Å². The number of rotatable bonds is 0. The molecule has 2 atom stereocenters. The maximum atomic E-state index is 12.0. The molecule has 2 heterocycles. The van der Waals surface area contributed by atoms with Crippen LogP contribution in [0.25, 0.3) is 0 Å². The van der Waals surface area contributed by atoms with Gasteiger partial charge in [-0.15, -0.1) is 0 Å². The highest BCUT2D eigenvalue weighted by Gasteiger charge is 2.51. The van der Waals surface area contributed by atoms with E-state index in [2.05, 4.69) is 16.7 Å². The number of hydrogen-bond acceptors (Lipinski definition) is 3. The van der Waals surface area contributed by atoms with E-state index in [1.54, 1.807) is 0 Å². The van der Waals surface area contributed by atoms with E-state index in [0.717, 1.165) is 11.3 Å². The fourth-order valence-corrected chi connectivity index (χ4v) is 2.65. The van der Waals surface area contributed by atoms with Gasteiger partial charge in [0.05, 0.1) is 11.5 Å². The molecule has 1 saturated heterocycles. The lowest BCUT2D eigenvalue weighted by Gasteiger charge is -2.18. The van der Waals surface area contributed by atoms with Crippen molar-refractivity contribution in [3.8, 4) is 6.07 Å². The second-order valence-electron chi connectivity index (χ2n) is 4.34. The summed E-state index contributed by atoms with van der Waals surface area (Å²) in [6, 6.07) is 9.57. The highest BCUT2D eigenvalue weighted by Crippen LogP contribution is 2.42. The Labute approximate surface area is 93.3 Å². The van der Waals surface area contributed by atoms with Crippen LogP contribution in [0.5, 0.6) is 0 Å². The predicted molar refractivity (Wildman–Crippen MR) is 58.8 cm³/mol. The molecule has 0 aliphatic carbocycles. The molecule has 80 valence electrons. The number of para-hydroxylation sites is 1. The minimum Gasteiger partial charge on any atom is -0.383 e. The van der Waals surface area contributed by atoms with Crippen molar-refractivity contribution in [1.29, 1.82) is 5.26 Å². The molecule has 1 aromatic carbocycles. The number of benzene rings is 1. The van der Waals surface area contributed by atoms with Gasteiger partial charge in [-0.1, -0.05) is 18.2 Å². The van der Waals surface area contributed by atoms with Crippen LogP contribution in [0.4, 0.5) is 5.69 Å². The van der Waals surface area contributed by atoms with Crippen molar-refractivity contribution in [2.45, 2.75) is 17.9 Å². The fourth-order valence-electron chi connectivity index (χ4n) is 2.65. The van der Waals surface area contributed by atoms with Crippen LogP contribution in [0.3, 0.4) is 0 Å². The molecule has 0 bridgehead atoms. The van der Waals surface area contributed by atoms with Crippen LogP contribution in [-0.2, 0) is 10.2 Å². The summed E-state index contributed by atoms with van der Waals surface area (Å²) < 4.78 is 0. The van der Waals surface area contributed by atoms with E-state index in [-0.39, 0.29) is 11.9 Å². The van der Waals surface area contributed by atoms with E-state index >= 15 is 0 Å². The predicted octanol–water partition coefficient (Wildman–Crippen LogP) is 0.762. The van der Waals surface area contributed by atoms with Crippen LogP contribution in [0.15, 0.2) is 24.3 Å². The Kier molecular flexibility index (Phi) is 1.72. The highest BCUT2D eigenvalue weighted by atomic mass is 16.2. The van der Waals surface area contributed by atoms with Crippen molar-refractivity contribution in [2.75, 3.05) is 11.9 Å². The third kappa shape index (κ3) is 1.00. The quantitative estimate of drug-likeness (QED) is 0.668. The molecule has 4 nitrogen and oxygen atoms in total. The molecule has 1 aromatic rings. The van der Waals surface area contributed by atoms with E-state index in [1.165, 1.54) is 0 Å². The molecule has 2 N–H and O–H groups in total. The molecule has 16 heavy (non-hydrogen) atoms. The minimum atomic E-state index is -0.531. The first-order valence-electron chi connectivity index (χ1n) is 5.30. The summed E-state index contributed by atoms with van der Waals surface area (Å²) in [7, 11) is 0. The van der Waals surface area contributed by atoms with Gasteiger partial charge in [0, 0.05) is 18.7 Å². The molecule has 3 rings (SSSR count). The molecule has 1 spiro atoms. The summed E-state index contributed by atoms with van der Waals surface area (Å²) in [5.41, 5.74) is 1.50. The second-order valence-corrected chi connectivity index (χ2v) is 4.34. The van der Waals surface area contributed by atoms with Crippen LogP contribution in [-0.4, -0.2) is 18.5 Å². The summed E-state index contributed by atoms with van der Waals surface area (Å²) in [5.74, 6) is -0.0310. The number of carbonyl (C=O) groups is 1. The van der Waals surface area contributed by atoms with E-state index < -0.39 is 5.41 Å². The maximum absolute atomic E-state index is 12.0. The Morgan fingerprint density at radius 3 is 3.00 bits per heavy atom. The highest BCUT2D eigenvalue weighted by molar-refractivity contribution is 5.95. The van der Waals surface area contributed by atoms with E-state index in [9.17, 15) is 4.79 Å². The van der Waals surface area contributed by atoms with Crippen LogP contribution in [0.1, 0.15) is 12.0 Å². The van der Waals surface area contributed by atoms with Crippen LogP contribution in [0.2, 0.25) is 0 Å².